The smallest absolute Gasteiger partial charge is 0.254 e. The molecule has 0 aliphatic carbocycles. The first-order valence-corrected chi connectivity index (χ1v) is 23.2. The summed E-state index contributed by atoms with van der Waals surface area (Å²) in [6, 6.07) is 36.4. The van der Waals surface area contributed by atoms with Gasteiger partial charge in [0, 0.05) is 69.5 Å². The summed E-state index contributed by atoms with van der Waals surface area (Å²) in [4.78, 5) is 92.7. The van der Waals surface area contributed by atoms with Gasteiger partial charge >= 0.3 is 117 Å². The molecule has 3 aliphatic rings. The number of carbonyl (C=O) groups is 6. The van der Waals surface area contributed by atoms with Crippen LogP contribution in [-0.2, 0) is 68.4 Å². The van der Waals surface area contributed by atoms with Crippen LogP contribution >= 0.6 is 0 Å². The van der Waals surface area contributed by atoms with Crippen molar-refractivity contribution in [2.24, 2.45) is 0 Å². The number of hydrogen-bond acceptors (Lipinski definition) is 18. The molecule has 0 unspecified atom stereocenters. The molecule has 3 saturated heterocycles. The molecule has 62 heavy (non-hydrogen) atoms. The van der Waals surface area contributed by atoms with Gasteiger partial charge in [0.1, 0.15) is 0 Å². The molecule has 1 spiro atoms. The second kappa shape index (κ2) is 15.2. The summed E-state index contributed by atoms with van der Waals surface area (Å²) in [5.74, 6) is -10.9. The zero-order valence-electron chi connectivity index (χ0n) is 31.2. The maximum absolute atomic E-state index is 11.1. The Kier molecular flexibility index (Phi) is 10.0. The molecule has 309 valence electrons. The van der Waals surface area contributed by atoms with Gasteiger partial charge in [0.2, 0.25) is 0 Å². The van der Waals surface area contributed by atoms with Gasteiger partial charge in [-0.15, -0.1) is 0 Å². The van der Waals surface area contributed by atoms with Gasteiger partial charge in [-0.25, -0.2) is 0 Å². The van der Waals surface area contributed by atoms with Crippen LogP contribution in [0.1, 0.15) is 0 Å². The molecule has 0 amide bonds. The number of aromatic nitrogens is 6. The quantitative estimate of drug-likeness (QED) is 0.111. The van der Waals surface area contributed by atoms with Crippen molar-refractivity contribution in [2.75, 3.05) is 0 Å². The van der Waals surface area contributed by atoms with Crippen LogP contribution in [0, 0.1) is 0 Å². The summed E-state index contributed by atoms with van der Waals surface area (Å²) in [5.41, 5.74) is 5.86. The molecule has 3 aliphatic heterocycles. The number of hydrogen-bond donors (Lipinski definition) is 0. The Hall–Kier alpha value is -8.00. The van der Waals surface area contributed by atoms with Crippen LogP contribution in [0.4, 0.5) is 0 Å². The Morgan fingerprint density at radius 1 is 0.274 bits per heavy atom. The third-order valence-corrected chi connectivity index (χ3v) is 16.9. The van der Waals surface area contributed by atoms with E-state index < -0.39 is 48.9 Å². The molecule has 0 saturated carbocycles. The molecular formula is C42H24CuGeN6O12. The fraction of sp³-hybridized carbons (Fsp3) is 0. The van der Waals surface area contributed by atoms with Crippen molar-refractivity contribution in [3.63, 3.8) is 0 Å². The molecule has 0 atom stereocenters. The first-order valence-electron chi connectivity index (χ1n) is 18.0. The SMILES string of the molecule is O=C1[O][Ge-2]23([O]C1=O)([O]C(=O)C(=O)[O]2)[O]C(=O)C(=O)[O]3.[Cu+2].c1cnc2c(c1)ccc1cccnc12.c1cnc2c(c1)ccc1cccnc12.c1cnc2c(c1)ccc1cccnc12. The van der Waals surface area contributed by atoms with E-state index in [1.54, 1.807) is 37.2 Å². The fourth-order valence-corrected chi connectivity index (χ4v) is 13.9. The van der Waals surface area contributed by atoms with Gasteiger partial charge in [-0.2, -0.15) is 0 Å². The predicted octanol–water partition coefficient (Wildman–Crippen LogP) is 4.97. The van der Waals surface area contributed by atoms with Crippen LogP contribution in [0.25, 0.3) is 65.4 Å². The number of benzene rings is 3. The zero-order chi connectivity index (χ0) is 42.3. The first kappa shape index (κ1) is 40.8. The van der Waals surface area contributed by atoms with E-state index in [4.69, 9.17) is 0 Å². The van der Waals surface area contributed by atoms with Crippen molar-refractivity contribution < 1.29 is 68.4 Å². The minimum absolute atomic E-state index is 0. The van der Waals surface area contributed by atoms with Crippen molar-refractivity contribution in [3.05, 3.63) is 146 Å². The molecular weight excluding hydrogens is 917 g/mol. The molecule has 0 N–H and O–H groups in total. The summed E-state index contributed by atoms with van der Waals surface area (Å²) in [6.07, 6.45) is 10.8. The van der Waals surface area contributed by atoms with Crippen LogP contribution in [0.15, 0.2) is 146 Å². The Labute approximate surface area is 357 Å². The average Bonchev–Trinajstić information content (AvgIpc) is 3.76. The van der Waals surface area contributed by atoms with Gasteiger partial charge in [-0.1, -0.05) is 72.8 Å². The summed E-state index contributed by atoms with van der Waals surface area (Å²) in [6.45, 7) is 0. The van der Waals surface area contributed by atoms with Crippen LogP contribution in [-0.4, -0.2) is 78.8 Å². The van der Waals surface area contributed by atoms with Crippen LogP contribution in [0.5, 0.6) is 0 Å². The normalized spacial score (nSPS) is 17.2. The van der Waals surface area contributed by atoms with Gasteiger partial charge in [0.15, 0.2) is 0 Å². The zero-order valence-corrected chi connectivity index (χ0v) is 34.3. The Bertz CT molecular complexity index is 2810. The maximum Gasteiger partial charge on any atom is 2.00 e. The molecule has 0 bridgehead atoms. The van der Waals surface area contributed by atoms with Crippen molar-refractivity contribution in [1.29, 1.82) is 0 Å². The second-order valence-electron chi connectivity index (χ2n) is 13.2. The van der Waals surface area contributed by atoms with E-state index in [1.165, 1.54) is 0 Å². The summed E-state index contributed by atoms with van der Waals surface area (Å²) < 4.78 is 25.5. The van der Waals surface area contributed by atoms with Gasteiger partial charge in [-0.05, 0) is 36.4 Å². The molecule has 3 aromatic carbocycles. The van der Waals surface area contributed by atoms with E-state index >= 15 is 0 Å². The van der Waals surface area contributed by atoms with E-state index in [1.807, 2.05) is 36.4 Å². The van der Waals surface area contributed by atoms with Gasteiger partial charge < -0.3 is 0 Å². The topological polar surface area (TPSA) is 235 Å². The third kappa shape index (κ3) is 7.00. The van der Waals surface area contributed by atoms with Crippen LogP contribution in [0.2, 0.25) is 0 Å². The molecule has 3 fully saturated rings. The molecule has 12 rings (SSSR count). The standard InChI is InChI=1S/3C12H8N2.C6GeO12.Cu/c3*1-3-9-5-6-10-4-2-8-14-12(10)11(9)13-7-1;8-1-2(9)15-7(14-1,16-3(10)4(11)17-7)18-5(12)6(13)19-7;/h3*1-8H;;/q;;;-2;+2. The maximum atomic E-state index is 11.1. The Balaban J connectivity index is 0.000000114. The van der Waals surface area contributed by atoms with E-state index in [0.29, 0.717) is 0 Å². The van der Waals surface area contributed by atoms with Crippen molar-refractivity contribution >= 4 is 114 Å². The van der Waals surface area contributed by atoms with Gasteiger partial charge in [0.05, 0.1) is 33.1 Å². The van der Waals surface area contributed by atoms with E-state index in [-0.39, 0.29) is 17.1 Å². The number of pyridine rings is 6. The van der Waals surface area contributed by atoms with Gasteiger partial charge in [-0.3, -0.25) is 29.9 Å². The molecule has 20 heteroatoms. The largest absolute Gasteiger partial charge is 2.00 e. The average molecular weight is 941 g/mol. The summed E-state index contributed by atoms with van der Waals surface area (Å²) in [7, 11) is 0. The van der Waals surface area contributed by atoms with Gasteiger partial charge in [0.25, 0.3) is 0 Å². The van der Waals surface area contributed by atoms with Crippen molar-refractivity contribution in [1.82, 2.24) is 29.9 Å². The summed E-state index contributed by atoms with van der Waals surface area (Å²) >= 11 is -7.81. The fourth-order valence-electron chi connectivity index (χ4n) is 6.74. The first-order chi connectivity index (χ1) is 29.5. The monoisotopic (exact) mass is 941 g/mol. The minimum Gasteiger partial charge on any atom is -0.254 e. The number of rotatable bonds is 0. The van der Waals surface area contributed by atoms with Crippen molar-refractivity contribution in [2.45, 2.75) is 0 Å². The van der Waals surface area contributed by atoms with E-state index in [9.17, 15) is 28.8 Å². The number of fused-ring (bicyclic) bond motifs is 9. The van der Waals surface area contributed by atoms with Crippen molar-refractivity contribution in [3.8, 4) is 0 Å². The predicted molar refractivity (Wildman–Crippen MR) is 213 cm³/mol. The van der Waals surface area contributed by atoms with E-state index in [2.05, 4.69) is 125 Å². The molecule has 9 aromatic rings. The molecule has 6 aromatic heterocycles. The molecule has 18 nitrogen and oxygen atoms in total. The third-order valence-electron chi connectivity index (χ3n) is 9.34. The Morgan fingerprint density at radius 3 is 0.597 bits per heavy atom. The minimum atomic E-state index is -7.81. The number of carbonyl (C=O) groups excluding carboxylic acids is 6. The molecule has 9 heterocycles. The summed E-state index contributed by atoms with van der Waals surface area (Å²) in [5, 5.41) is 6.83. The van der Waals surface area contributed by atoms with Crippen LogP contribution in [0.3, 0.4) is 0 Å². The Morgan fingerprint density at radius 2 is 0.435 bits per heavy atom. The van der Waals surface area contributed by atoms with Crippen LogP contribution < -0.4 is 0 Å². The number of nitrogens with zero attached hydrogens (tertiary/aromatic N) is 6. The van der Waals surface area contributed by atoms with E-state index in [0.717, 1.165) is 65.4 Å². The molecule has 1 radical (unpaired) electrons. The second-order valence-corrected chi connectivity index (χ2v) is 21.0.